The highest BCUT2D eigenvalue weighted by Crippen LogP contribution is 2.35. The number of nitrogens with two attached hydrogens (primary N) is 1. The molecule has 196 valence electrons. The van der Waals surface area contributed by atoms with Gasteiger partial charge in [0.1, 0.15) is 12.3 Å². The molecule has 0 bridgehead atoms. The Labute approximate surface area is 213 Å². The molecule has 2 aliphatic rings. The summed E-state index contributed by atoms with van der Waals surface area (Å²) in [6.45, 7) is 3.72. The van der Waals surface area contributed by atoms with Crippen molar-refractivity contribution in [2.24, 2.45) is 5.73 Å². The van der Waals surface area contributed by atoms with Gasteiger partial charge in [0, 0.05) is 44.5 Å². The molecule has 0 aliphatic carbocycles. The number of nitrogens with zero attached hydrogens (tertiary/aromatic N) is 5. The molecule has 1 amide bonds. The van der Waals surface area contributed by atoms with Crippen molar-refractivity contribution in [1.29, 1.82) is 5.26 Å². The number of methoxy groups -OCH3 is 1. The molecule has 1 fully saturated rings. The van der Waals surface area contributed by atoms with E-state index in [2.05, 4.69) is 20.9 Å². The van der Waals surface area contributed by atoms with Crippen molar-refractivity contribution in [3.8, 4) is 11.8 Å². The Morgan fingerprint density at radius 1 is 1.24 bits per heavy atom. The van der Waals surface area contributed by atoms with Crippen LogP contribution in [0.3, 0.4) is 0 Å². The lowest BCUT2D eigenvalue weighted by Gasteiger charge is -2.37. The van der Waals surface area contributed by atoms with E-state index in [0.717, 1.165) is 36.8 Å². The SMILES string of the molecule is COc1cc(C(=CN)c2ccc(N3CCN(C(C)C#N)CC3)cn2)cc2c1C(=O)N(CC(F)(F)F)CC2. The maximum atomic E-state index is 12.9. The minimum absolute atomic E-state index is 0.0347. The van der Waals surface area contributed by atoms with E-state index in [0.29, 0.717) is 22.4 Å². The van der Waals surface area contributed by atoms with Crippen LogP contribution in [0.1, 0.15) is 34.1 Å². The zero-order valence-corrected chi connectivity index (χ0v) is 20.8. The fraction of sp³-hybridized carbons (Fsp3) is 0.423. The number of carbonyl (C=O) groups is 1. The number of alkyl halides is 3. The molecule has 1 aromatic carbocycles. The third-order valence-corrected chi connectivity index (χ3v) is 6.84. The lowest BCUT2D eigenvalue weighted by molar-refractivity contribution is -0.141. The summed E-state index contributed by atoms with van der Waals surface area (Å²) in [6, 6.07) is 9.36. The summed E-state index contributed by atoms with van der Waals surface area (Å²) >= 11 is 0. The van der Waals surface area contributed by atoms with E-state index < -0.39 is 18.6 Å². The number of anilines is 1. The van der Waals surface area contributed by atoms with Crippen molar-refractivity contribution < 1.29 is 22.7 Å². The van der Waals surface area contributed by atoms with E-state index in [1.807, 2.05) is 19.1 Å². The van der Waals surface area contributed by atoms with Gasteiger partial charge in [-0.15, -0.1) is 0 Å². The van der Waals surface area contributed by atoms with Crippen LogP contribution in [0, 0.1) is 11.3 Å². The van der Waals surface area contributed by atoms with Crippen LogP contribution in [0.4, 0.5) is 18.9 Å². The number of carbonyl (C=O) groups excluding carboxylic acids is 1. The van der Waals surface area contributed by atoms with Crippen LogP contribution >= 0.6 is 0 Å². The first-order valence-electron chi connectivity index (χ1n) is 12.0. The molecule has 0 radical (unpaired) electrons. The number of ether oxygens (including phenoxy) is 1. The Balaban J connectivity index is 1.55. The van der Waals surface area contributed by atoms with Crippen LogP contribution in [0.5, 0.6) is 5.75 Å². The van der Waals surface area contributed by atoms with Gasteiger partial charge in [-0.25, -0.2) is 0 Å². The molecule has 4 rings (SSSR count). The summed E-state index contributed by atoms with van der Waals surface area (Å²) in [5, 5.41) is 9.14. The molecule has 37 heavy (non-hydrogen) atoms. The second kappa shape index (κ2) is 10.7. The summed E-state index contributed by atoms with van der Waals surface area (Å²) in [5.74, 6) is -0.503. The smallest absolute Gasteiger partial charge is 0.406 e. The number of amides is 1. The van der Waals surface area contributed by atoms with Crippen molar-refractivity contribution in [1.82, 2.24) is 14.8 Å². The lowest BCUT2D eigenvalue weighted by atomic mass is 9.92. The van der Waals surface area contributed by atoms with Crippen molar-refractivity contribution in [3.63, 3.8) is 0 Å². The van der Waals surface area contributed by atoms with E-state index >= 15 is 0 Å². The normalized spacial score (nSPS) is 17.8. The molecule has 3 heterocycles. The van der Waals surface area contributed by atoms with Gasteiger partial charge in [0.25, 0.3) is 5.91 Å². The highest BCUT2D eigenvalue weighted by atomic mass is 19.4. The Morgan fingerprint density at radius 2 is 1.97 bits per heavy atom. The molecule has 1 aromatic heterocycles. The fourth-order valence-electron chi connectivity index (χ4n) is 4.82. The fourth-order valence-corrected chi connectivity index (χ4v) is 4.82. The van der Waals surface area contributed by atoms with Gasteiger partial charge < -0.3 is 20.3 Å². The van der Waals surface area contributed by atoms with Crippen LogP contribution in [0.25, 0.3) is 5.57 Å². The average Bonchev–Trinajstić information content (AvgIpc) is 2.89. The number of aromatic nitrogens is 1. The molecule has 1 unspecified atom stereocenters. The molecule has 11 heteroatoms. The van der Waals surface area contributed by atoms with E-state index in [-0.39, 0.29) is 30.3 Å². The van der Waals surface area contributed by atoms with E-state index in [1.165, 1.54) is 13.3 Å². The van der Waals surface area contributed by atoms with Crippen molar-refractivity contribution >= 4 is 17.2 Å². The van der Waals surface area contributed by atoms with Gasteiger partial charge in [-0.05, 0) is 48.7 Å². The predicted molar refractivity (Wildman–Crippen MR) is 133 cm³/mol. The summed E-state index contributed by atoms with van der Waals surface area (Å²) in [6.07, 6.45) is -1.01. The third kappa shape index (κ3) is 5.64. The van der Waals surface area contributed by atoms with E-state index in [1.54, 1.807) is 18.3 Å². The topological polar surface area (TPSA) is 98.7 Å². The highest BCUT2D eigenvalue weighted by Gasteiger charge is 2.37. The molecule has 1 saturated heterocycles. The van der Waals surface area contributed by atoms with E-state index in [9.17, 15) is 18.0 Å². The minimum Gasteiger partial charge on any atom is -0.496 e. The molecule has 2 aliphatic heterocycles. The number of halogens is 3. The summed E-state index contributed by atoms with van der Waals surface area (Å²) in [4.78, 5) is 22.6. The largest absolute Gasteiger partial charge is 0.496 e. The first-order valence-corrected chi connectivity index (χ1v) is 12.0. The predicted octanol–water partition coefficient (Wildman–Crippen LogP) is 3.03. The molecule has 1 atom stereocenters. The van der Waals surface area contributed by atoms with Gasteiger partial charge in [-0.2, -0.15) is 18.4 Å². The van der Waals surface area contributed by atoms with E-state index in [4.69, 9.17) is 15.7 Å². The number of piperazine rings is 1. The molecule has 0 saturated carbocycles. The maximum absolute atomic E-state index is 12.9. The second-order valence-electron chi connectivity index (χ2n) is 9.11. The molecular formula is C26H29F3N6O2. The number of nitriles is 1. The highest BCUT2D eigenvalue weighted by molar-refractivity contribution is 6.00. The van der Waals surface area contributed by atoms with Crippen molar-refractivity contribution in [2.45, 2.75) is 25.6 Å². The number of hydrogen-bond donors (Lipinski definition) is 1. The molecular weight excluding hydrogens is 485 g/mol. The van der Waals surface area contributed by atoms with Gasteiger partial charge in [0.05, 0.1) is 42.4 Å². The van der Waals surface area contributed by atoms with Crippen LogP contribution in [0.2, 0.25) is 0 Å². The van der Waals surface area contributed by atoms with Crippen molar-refractivity contribution in [3.05, 3.63) is 59.0 Å². The molecule has 2 N–H and O–H groups in total. The van der Waals surface area contributed by atoms with Crippen molar-refractivity contribution in [2.75, 3.05) is 51.3 Å². The number of hydrogen-bond acceptors (Lipinski definition) is 7. The molecule has 8 nitrogen and oxygen atoms in total. The Bertz CT molecular complexity index is 1200. The van der Waals surface area contributed by atoms with Gasteiger partial charge >= 0.3 is 6.18 Å². The summed E-state index contributed by atoms with van der Waals surface area (Å²) in [5.41, 5.74) is 9.58. The minimum atomic E-state index is -4.48. The van der Waals surface area contributed by atoms with Gasteiger partial charge in [-0.3, -0.25) is 14.7 Å². The standard InChI is InChI=1S/C26H29F3N6O2/c1-17(13-30)33-7-9-34(10-8-33)20-3-4-22(32-15-20)21(14-31)19-11-18-5-6-35(16-26(27,28)29)25(36)24(18)23(12-19)37-2/h3-4,11-12,14-15,17H,5-10,16,31H2,1-2H3. The maximum Gasteiger partial charge on any atom is 0.406 e. The third-order valence-electron chi connectivity index (χ3n) is 6.84. The van der Waals surface area contributed by atoms with Gasteiger partial charge in [0.2, 0.25) is 0 Å². The molecule has 2 aromatic rings. The van der Waals surface area contributed by atoms with Crippen LogP contribution in [-0.4, -0.2) is 79.3 Å². The zero-order valence-electron chi connectivity index (χ0n) is 20.8. The van der Waals surface area contributed by atoms with Gasteiger partial charge in [0.15, 0.2) is 0 Å². The Hall–Kier alpha value is -3.78. The first kappa shape index (κ1) is 26.3. The first-order chi connectivity index (χ1) is 17.6. The van der Waals surface area contributed by atoms with Gasteiger partial charge in [-0.1, -0.05) is 0 Å². The lowest BCUT2D eigenvalue weighted by Crippen LogP contribution is -2.49. The number of pyridine rings is 1. The monoisotopic (exact) mass is 514 g/mol. The second-order valence-corrected chi connectivity index (χ2v) is 9.11. The summed E-state index contributed by atoms with van der Waals surface area (Å²) < 4.78 is 44.2. The average molecular weight is 515 g/mol. The number of fused-ring (bicyclic) bond motifs is 1. The number of rotatable bonds is 6. The van der Waals surface area contributed by atoms with Crippen LogP contribution in [-0.2, 0) is 6.42 Å². The zero-order chi connectivity index (χ0) is 26.7. The van der Waals surface area contributed by atoms with Crippen LogP contribution < -0.4 is 15.4 Å². The Kier molecular flexibility index (Phi) is 7.59. The number of benzene rings is 1. The summed E-state index contributed by atoms with van der Waals surface area (Å²) in [7, 11) is 1.38. The Morgan fingerprint density at radius 3 is 2.54 bits per heavy atom. The van der Waals surface area contributed by atoms with Crippen LogP contribution in [0.15, 0.2) is 36.7 Å². The molecule has 0 spiro atoms. The quantitative estimate of drug-likeness (QED) is 0.633.